The molecule has 0 aromatic heterocycles. The molecule has 0 saturated carbocycles. The second kappa shape index (κ2) is 5.71. The fourth-order valence-electron chi connectivity index (χ4n) is 2.21. The van der Waals surface area contributed by atoms with Crippen LogP contribution in [0.4, 0.5) is 0 Å². The van der Waals surface area contributed by atoms with Gasteiger partial charge in [0.2, 0.25) is 0 Å². The molecule has 96 valence electrons. The van der Waals surface area contributed by atoms with Crippen molar-refractivity contribution >= 4 is 5.78 Å². The molecule has 0 unspecified atom stereocenters. The van der Waals surface area contributed by atoms with Gasteiger partial charge in [0.1, 0.15) is 0 Å². The molecule has 0 N–H and O–H groups in total. The number of ether oxygens (including phenoxy) is 2. The number of rotatable bonds is 5. The van der Waals surface area contributed by atoms with Crippen LogP contribution < -0.4 is 9.47 Å². The van der Waals surface area contributed by atoms with E-state index in [1.807, 2.05) is 18.2 Å². The van der Waals surface area contributed by atoms with E-state index >= 15 is 0 Å². The first-order valence-electron chi connectivity index (χ1n) is 6.17. The average Bonchev–Trinajstić information content (AvgIpc) is 2.92. The molecule has 1 aromatic carbocycles. The Morgan fingerprint density at radius 2 is 2.00 bits per heavy atom. The highest BCUT2D eigenvalue weighted by Gasteiger charge is 2.14. The normalized spacial score (nSPS) is 14.2. The monoisotopic (exact) mass is 246 g/mol. The van der Waals surface area contributed by atoms with Crippen molar-refractivity contribution in [3.8, 4) is 11.5 Å². The Balaban J connectivity index is 2.11. The van der Waals surface area contributed by atoms with E-state index in [0.29, 0.717) is 17.9 Å². The highest BCUT2D eigenvalue weighted by Crippen LogP contribution is 2.28. The summed E-state index contributed by atoms with van der Waals surface area (Å²) in [5.74, 6) is 1.58. The summed E-state index contributed by atoms with van der Waals surface area (Å²) >= 11 is 0. The largest absolute Gasteiger partial charge is 0.493 e. The number of carbonyl (C=O) groups excluding carboxylic acids is 1. The molecule has 1 aliphatic rings. The van der Waals surface area contributed by atoms with E-state index in [9.17, 15) is 4.79 Å². The lowest BCUT2D eigenvalue weighted by Gasteiger charge is -2.09. The molecule has 0 aliphatic heterocycles. The number of Topliss-reactive ketones (excluding diaryl/α,β-unsaturated/α-hetero) is 1. The average molecular weight is 246 g/mol. The molecule has 0 amide bonds. The van der Waals surface area contributed by atoms with Crippen molar-refractivity contribution in [1.82, 2.24) is 0 Å². The smallest absolute Gasteiger partial charge is 0.162 e. The summed E-state index contributed by atoms with van der Waals surface area (Å²) in [7, 11) is 3.20. The van der Waals surface area contributed by atoms with Crippen molar-refractivity contribution in [2.45, 2.75) is 25.7 Å². The zero-order valence-corrected chi connectivity index (χ0v) is 10.9. The predicted octanol–water partition coefficient (Wildman–Crippen LogP) is 2.93. The van der Waals surface area contributed by atoms with Crippen molar-refractivity contribution < 1.29 is 14.3 Å². The quantitative estimate of drug-likeness (QED) is 0.801. The van der Waals surface area contributed by atoms with Crippen LogP contribution in [0.3, 0.4) is 0 Å². The lowest BCUT2D eigenvalue weighted by Crippen LogP contribution is -2.05. The van der Waals surface area contributed by atoms with Gasteiger partial charge in [-0.2, -0.15) is 0 Å². The molecule has 3 heteroatoms. The summed E-state index contributed by atoms with van der Waals surface area (Å²) in [6, 6.07) is 5.62. The minimum absolute atomic E-state index is 0.222. The minimum atomic E-state index is 0.222. The number of ketones is 1. The molecule has 0 saturated heterocycles. The van der Waals surface area contributed by atoms with Crippen LogP contribution in [0.5, 0.6) is 11.5 Å². The van der Waals surface area contributed by atoms with Gasteiger partial charge in [-0.1, -0.05) is 12.1 Å². The van der Waals surface area contributed by atoms with Gasteiger partial charge in [-0.25, -0.2) is 0 Å². The summed E-state index contributed by atoms with van der Waals surface area (Å²) in [6.07, 6.45) is 5.56. The van der Waals surface area contributed by atoms with E-state index in [-0.39, 0.29) is 5.78 Å². The van der Waals surface area contributed by atoms with Crippen molar-refractivity contribution in [3.63, 3.8) is 0 Å². The standard InChI is InChI=1S/C15H18O3/c1-17-14-8-7-11(10-15(14)18-2)9-13(16)12-5-3-4-6-12/h5,7-8,10H,3-4,6,9H2,1-2H3. The topological polar surface area (TPSA) is 35.5 Å². The van der Waals surface area contributed by atoms with Crippen LogP contribution in [-0.4, -0.2) is 20.0 Å². The third-order valence-electron chi connectivity index (χ3n) is 3.21. The molecule has 3 nitrogen and oxygen atoms in total. The molecule has 0 atom stereocenters. The van der Waals surface area contributed by atoms with E-state index < -0.39 is 0 Å². The first kappa shape index (κ1) is 12.7. The molecule has 2 rings (SSSR count). The SMILES string of the molecule is COc1ccc(CC(=O)C2=CCCC2)cc1OC. The van der Waals surface area contributed by atoms with Gasteiger partial charge in [0.15, 0.2) is 17.3 Å². The molecular weight excluding hydrogens is 228 g/mol. The first-order valence-corrected chi connectivity index (χ1v) is 6.17. The number of hydrogen-bond donors (Lipinski definition) is 0. The van der Waals surface area contributed by atoms with Gasteiger partial charge in [0.05, 0.1) is 14.2 Å². The van der Waals surface area contributed by atoms with Gasteiger partial charge < -0.3 is 9.47 Å². The summed E-state index contributed by atoms with van der Waals surface area (Å²) in [4.78, 5) is 12.0. The number of allylic oxidation sites excluding steroid dienone is 2. The Bertz CT molecular complexity index is 475. The number of carbonyl (C=O) groups is 1. The van der Waals surface area contributed by atoms with Gasteiger partial charge in [0, 0.05) is 6.42 Å². The van der Waals surface area contributed by atoms with Gasteiger partial charge in [0.25, 0.3) is 0 Å². The minimum Gasteiger partial charge on any atom is -0.493 e. The molecular formula is C15H18O3. The van der Waals surface area contributed by atoms with Crippen molar-refractivity contribution in [2.24, 2.45) is 0 Å². The van der Waals surface area contributed by atoms with Crippen LogP contribution >= 0.6 is 0 Å². The van der Waals surface area contributed by atoms with E-state index in [1.165, 1.54) is 0 Å². The van der Waals surface area contributed by atoms with Gasteiger partial charge in [-0.05, 0) is 42.5 Å². The Morgan fingerprint density at radius 1 is 1.22 bits per heavy atom. The highest BCUT2D eigenvalue weighted by molar-refractivity contribution is 5.97. The Kier molecular flexibility index (Phi) is 4.03. The van der Waals surface area contributed by atoms with E-state index in [2.05, 4.69) is 6.08 Å². The van der Waals surface area contributed by atoms with Crippen LogP contribution in [0.2, 0.25) is 0 Å². The summed E-state index contributed by atoms with van der Waals surface area (Å²) in [5, 5.41) is 0. The Hall–Kier alpha value is -1.77. The zero-order valence-electron chi connectivity index (χ0n) is 10.9. The van der Waals surface area contributed by atoms with Crippen LogP contribution in [0, 0.1) is 0 Å². The third-order valence-corrected chi connectivity index (χ3v) is 3.21. The zero-order chi connectivity index (χ0) is 13.0. The van der Waals surface area contributed by atoms with Crippen LogP contribution in [0.25, 0.3) is 0 Å². The van der Waals surface area contributed by atoms with Crippen LogP contribution in [0.15, 0.2) is 29.8 Å². The molecule has 18 heavy (non-hydrogen) atoms. The first-order chi connectivity index (χ1) is 8.74. The third kappa shape index (κ3) is 2.73. The van der Waals surface area contributed by atoms with Gasteiger partial charge >= 0.3 is 0 Å². The number of hydrogen-bond acceptors (Lipinski definition) is 3. The maximum atomic E-state index is 12.0. The number of methoxy groups -OCH3 is 2. The summed E-state index contributed by atoms with van der Waals surface area (Å²) in [5.41, 5.74) is 1.94. The van der Waals surface area contributed by atoms with E-state index in [1.54, 1.807) is 14.2 Å². The second-order valence-electron chi connectivity index (χ2n) is 4.41. The second-order valence-corrected chi connectivity index (χ2v) is 4.41. The highest BCUT2D eigenvalue weighted by atomic mass is 16.5. The fraction of sp³-hybridized carbons (Fsp3) is 0.400. The van der Waals surface area contributed by atoms with Gasteiger partial charge in [-0.15, -0.1) is 0 Å². The summed E-state index contributed by atoms with van der Waals surface area (Å²) < 4.78 is 10.4. The van der Waals surface area contributed by atoms with Crippen molar-refractivity contribution in [1.29, 1.82) is 0 Å². The van der Waals surface area contributed by atoms with Gasteiger partial charge in [-0.3, -0.25) is 4.79 Å². The van der Waals surface area contributed by atoms with Crippen molar-refractivity contribution in [2.75, 3.05) is 14.2 Å². The summed E-state index contributed by atoms with van der Waals surface area (Å²) in [6.45, 7) is 0. The molecule has 0 bridgehead atoms. The maximum Gasteiger partial charge on any atom is 0.162 e. The molecule has 1 aromatic rings. The molecule has 0 fully saturated rings. The maximum absolute atomic E-state index is 12.0. The van der Waals surface area contributed by atoms with E-state index in [0.717, 1.165) is 30.4 Å². The Labute approximate surface area is 107 Å². The molecule has 1 aliphatic carbocycles. The molecule has 0 spiro atoms. The van der Waals surface area contributed by atoms with E-state index in [4.69, 9.17) is 9.47 Å². The van der Waals surface area contributed by atoms with Crippen LogP contribution in [0.1, 0.15) is 24.8 Å². The van der Waals surface area contributed by atoms with Crippen LogP contribution in [-0.2, 0) is 11.2 Å². The predicted molar refractivity (Wildman–Crippen MR) is 70.2 cm³/mol. The number of benzene rings is 1. The fourth-order valence-corrected chi connectivity index (χ4v) is 2.21. The lowest BCUT2D eigenvalue weighted by molar-refractivity contribution is -0.115. The van der Waals surface area contributed by atoms with Crippen molar-refractivity contribution in [3.05, 3.63) is 35.4 Å². The Morgan fingerprint density at radius 3 is 2.61 bits per heavy atom. The lowest BCUT2D eigenvalue weighted by atomic mass is 10.0. The molecule has 0 heterocycles. The molecule has 0 radical (unpaired) electrons.